The first kappa shape index (κ1) is 14.6. The third kappa shape index (κ3) is 2.27. The van der Waals surface area contributed by atoms with Crippen LogP contribution < -0.4 is 5.73 Å². The monoisotopic (exact) mass is 306 g/mol. The number of carbonyl (C=O) groups is 1. The molecule has 0 aliphatic carbocycles. The van der Waals surface area contributed by atoms with Crippen molar-refractivity contribution in [3.63, 3.8) is 0 Å². The normalized spacial score (nSPS) is 12.4. The molecular formula is C17H11FN4O. The standard InChI is InChI=1S/C17H11FN4O/c18-15-5-4-11(13-7-22(9-20)8-14(13)15)16-10(6-19)2-1-3-12(16)17(21)23/h1-5H,7-8H2,(H2,21,23). The van der Waals surface area contributed by atoms with E-state index in [2.05, 4.69) is 0 Å². The summed E-state index contributed by atoms with van der Waals surface area (Å²) in [6.45, 7) is 0.406. The number of hydrogen-bond donors (Lipinski definition) is 1. The van der Waals surface area contributed by atoms with Crippen LogP contribution in [0.3, 0.4) is 0 Å². The smallest absolute Gasteiger partial charge is 0.249 e. The minimum atomic E-state index is -0.662. The molecule has 23 heavy (non-hydrogen) atoms. The molecule has 0 unspecified atom stereocenters. The van der Waals surface area contributed by atoms with E-state index in [1.54, 1.807) is 12.1 Å². The molecular weight excluding hydrogens is 295 g/mol. The SMILES string of the molecule is N#Cc1cccc(C(N)=O)c1-c1ccc(F)c2c1CN(C#N)C2. The molecule has 0 bridgehead atoms. The van der Waals surface area contributed by atoms with E-state index in [4.69, 9.17) is 11.0 Å². The molecule has 0 radical (unpaired) electrons. The maximum absolute atomic E-state index is 14.0. The van der Waals surface area contributed by atoms with E-state index in [0.717, 1.165) is 0 Å². The fourth-order valence-electron chi connectivity index (χ4n) is 2.90. The Morgan fingerprint density at radius 2 is 1.91 bits per heavy atom. The van der Waals surface area contributed by atoms with E-state index in [-0.39, 0.29) is 24.2 Å². The highest BCUT2D eigenvalue weighted by molar-refractivity contribution is 6.01. The fourth-order valence-corrected chi connectivity index (χ4v) is 2.90. The second-order valence-corrected chi connectivity index (χ2v) is 5.21. The van der Waals surface area contributed by atoms with Crippen molar-refractivity contribution >= 4 is 5.91 Å². The van der Waals surface area contributed by atoms with Gasteiger partial charge in [0, 0.05) is 16.7 Å². The minimum Gasteiger partial charge on any atom is -0.366 e. The molecule has 1 aliphatic heterocycles. The van der Waals surface area contributed by atoms with E-state index >= 15 is 0 Å². The molecule has 0 fully saturated rings. The summed E-state index contributed by atoms with van der Waals surface area (Å²) in [6, 6.07) is 9.54. The number of carbonyl (C=O) groups excluding carboxylic acids is 1. The summed E-state index contributed by atoms with van der Waals surface area (Å²) in [7, 11) is 0. The average Bonchev–Trinajstić information content (AvgIpc) is 3.00. The number of fused-ring (bicyclic) bond motifs is 1. The van der Waals surface area contributed by atoms with Crippen molar-refractivity contribution in [3.8, 4) is 23.4 Å². The van der Waals surface area contributed by atoms with Crippen molar-refractivity contribution in [2.24, 2.45) is 5.73 Å². The van der Waals surface area contributed by atoms with Gasteiger partial charge in [0.1, 0.15) is 5.82 Å². The van der Waals surface area contributed by atoms with Gasteiger partial charge in [0.25, 0.3) is 0 Å². The number of hydrogen-bond acceptors (Lipinski definition) is 4. The summed E-state index contributed by atoms with van der Waals surface area (Å²) in [5.41, 5.74) is 7.87. The molecule has 2 aromatic rings. The Kier molecular flexibility index (Phi) is 3.44. The number of rotatable bonds is 2. The Hall–Kier alpha value is -3.38. The molecule has 0 saturated heterocycles. The molecule has 2 N–H and O–H groups in total. The predicted octanol–water partition coefficient (Wildman–Crippen LogP) is 2.26. The molecule has 0 saturated carbocycles. The van der Waals surface area contributed by atoms with Gasteiger partial charge in [-0.05, 0) is 29.3 Å². The van der Waals surface area contributed by atoms with Gasteiger partial charge in [0.2, 0.25) is 5.91 Å². The predicted molar refractivity (Wildman–Crippen MR) is 79.9 cm³/mol. The lowest BCUT2D eigenvalue weighted by atomic mass is 9.90. The number of halogens is 1. The molecule has 1 heterocycles. The highest BCUT2D eigenvalue weighted by Gasteiger charge is 2.27. The zero-order chi connectivity index (χ0) is 16.6. The van der Waals surface area contributed by atoms with Crippen LogP contribution in [0.5, 0.6) is 0 Å². The largest absolute Gasteiger partial charge is 0.366 e. The molecule has 2 aromatic carbocycles. The highest BCUT2D eigenvalue weighted by atomic mass is 19.1. The van der Waals surface area contributed by atoms with Gasteiger partial charge in [0.05, 0.1) is 24.7 Å². The van der Waals surface area contributed by atoms with Gasteiger partial charge in [-0.1, -0.05) is 12.1 Å². The second kappa shape index (κ2) is 5.43. The van der Waals surface area contributed by atoms with Crippen LogP contribution in [0.4, 0.5) is 4.39 Å². The minimum absolute atomic E-state index is 0.173. The highest BCUT2D eigenvalue weighted by Crippen LogP contribution is 2.37. The van der Waals surface area contributed by atoms with Crippen LogP contribution in [-0.4, -0.2) is 10.8 Å². The number of benzene rings is 2. The molecule has 6 heteroatoms. The lowest BCUT2D eigenvalue weighted by molar-refractivity contribution is 0.100. The molecule has 1 amide bonds. The number of amides is 1. The lowest BCUT2D eigenvalue weighted by Crippen LogP contribution is -2.13. The first-order chi connectivity index (χ1) is 11.1. The third-order valence-electron chi connectivity index (χ3n) is 3.93. The van der Waals surface area contributed by atoms with Crippen LogP contribution in [0.1, 0.15) is 27.0 Å². The Morgan fingerprint density at radius 1 is 1.17 bits per heavy atom. The van der Waals surface area contributed by atoms with Gasteiger partial charge in [-0.15, -0.1) is 0 Å². The Balaban J connectivity index is 2.31. The van der Waals surface area contributed by atoms with E-state index < -0.39 is 11.7 Å². The quantitative estimate of drug-likeness (QED) is 0.861. The molecule has 3 rings (SSSR count). The lowest BCUT2D eigenvalue weighted by Gasteiger charge is -2.13. The summed E-state index contributed by atoms with van der Waals surface area (Å²) in [4.78, 5) is 13.1. The van der Waals surface area contributed by atoms with Crippen molar-refractivity contribution in [1.82, 2.24) is 4.90 Å². The first-order valence-corrected chi connectivity index (χ1v) is 6.85. The van der Waals surface area contributed by atoms with Gasteiger partial charge >= 0.3 is 0 Å². The van der Waals surface area contributed by atoms with E-state index in [0.29, 0.717) is 22.3 Å². The zero-order valence-corrected chi connectivity index (χ0v) is 12.0. The second-order valence-electron chi connectivity index (χ2n) is 5.21. The van der Waals surface area contributed by atoms with Crippen molar-refractivity contribution in [1.29, 1.82) is 10.5 Å². The summed E-state index contributed by atoms with van der Waals surface area (Å²) >= 11 is 0. The van der Waals surface area contributed by atoms with Crippen LogP contribution in [0.15, 0.2) is 30.3 Å². The van der Waals surface area contributed by atoms with E-state index in [1.807, 2.05) is 12.3 Å². The van der Waals surface area contributed by atoms with Crippen LogP contribution in [0.2, 0.25) is 0 Å². The van der Waals surface area contributed by atoms with Crippen LogP contribution >= 0.6 is 0 Å². The van der Waals surface area contributed by atoms with Crippen molar-refractivity contribution in [2.75, 3.05) is 0 Å². The molecule has 0 atom stereocenters. The van der Waals surface area contributed by atoms with Crippen molar-refractivity contribution < 1.29 is 9.18 Å². The first-order valence-electron chi connectivity index (χ1n) is 6.85. The maximum Gasteiger partial charge on any atom is 0.249 e. The number of nitriles is 2. The molecule has 0 spiro atoms. The van der Waals surface area contributed by atoms with Crippen molar-refractivity contribution in [2.45, 2.75) is 13.1 Å². The number of nitrogens with two attached hydrogens (primary N) is 1. The van der Waals surface area contributed by atoms with Gasteiger partial charge in [-0.25, -0.2) is 4.39 Å². The fraction of sp³-hybridized carbons (Fsp3) is 0.118. The average molecular weight is 306 g/mol. The number of nitrogens with zero attached hydrogens (tertiary/aromatic N) is 3. The van der Waals surface area contributed by atoms with Gasteiger partial charge in [-0.3, -0.25) is 4.79 Å². The third-order valence-corrected chi connectivity index (χ3v) is 3.93. The summed E-state index contributed by atoms with van der Waals surface area (Å²) in [6.07, 6.45) is 1.99. The Bertz CT molecular complexity index is 908. The van der Waals surface area contributed by atoms with E-state index in [1.165, 1.54) is 23.1 Å². The van der Waals surface area contributed by atoms with Crippen LogP contribution in [0.25, 0.3) is 11.1 Å². The molecule has 112 valence electrons. The summed E-state index contributed by atoms with van der Waals surface area (Å²) in [5, 5.41) is 18.4. The van der Waals surface area contributed by atoms with Crippen molar-refractivity contribution in [3.05, 3.63) is 58.4 Å². The summed E-state index contributed by atoms with van der Waals surface area (Å²) < 4.78 is 14.0. The molecule has 5 nitrogen and oxygen atoms in total. The van der Waals surface area contributed by atoms with Gasteiger partial charge in [-0.2, -0.15) is 10.5 Å². The van der Waals surface area contributed by atoms with Crippen LogP contribution in [-0.2, 0) is 13.1 Å². The topological polar surface area (TPSA) is 93.9 Å². The summed E-state index contributed by atoms with van der Waals surface area (Å²) in [5.74, 6) is -1.07. The number of primary amides is 1. The van der Waals surface area contributed by atoms with E-state index in [9.17, 15) is 14.4 Å². The van der Waals surface area contributed by atoms with Crippen LogP contribution in [0, 0.1) is 28.6 Å². The Labute approximate surface area is 132 Å². The zero-order valence-electron chi connectivity index (χ0n) is 12.0. The Morgan fingerprint density at radius 3 is 2.57 bits per heavy atom. The maximum atomic E-state index is 14.0. The molecule has 0 aromatic heterocycles. The van der Waals surface area contributed by atoms with Gasteiger partial charge < -0.3 is 10.6 Å². The van der Waals surface area contributed by atoms with Gasteiger partial charge in [0.15, 0.2) is 6.19 Å². The molecule has 1 aliphatic rings.